The number of ether oxygens (including phenoxy) is 1. The fourth-order valence-electron chi connectivity index (χ4n) is 3.85. The van der Waals surface area contributed by atoms with Gasteiger partial charge in [-0.1, -0.05) is 51.9 Å². The third-order valence-corrected chi connectivity index (χ3v) is 5.10. The SMILES string of the molecule is CCC[C@H]1CC[C@H](COCC2CCCCC2)CC1. The van der Waals surface area contributed by atoms with Crippen LogP contribution in [0.3, 0.4) is 0 Å². The Morgan fingerprint density at radius 3 is 1.89 bits per heavy atom. The van der Waals surface area contributed by atoms with E-state index >= 15 is 0 Å². The zero-order valence-electron chi connectivity index (χ0n) is 12.3. The minimum atomic E-state index is 0.877. The molecule has 0 aliphatic heterocycles. The van der Waals surface area contributed by atoms with Crippen molar-refractivity contribution in [2.45, 2.75) is 77.6 Å². The fraction of sp³-hybridized carbons (Fsp3) is 1.00. The Bertz CT molecular complexity index is 200. The lowest BCUT2D eigenvalue weighted by Crippen LogP contribution is -2.21. The van der Waals surface area contributed by atoms with E-state index in [1.165, 1.54) is 70.6 Å². The van der Waals surface area contributed by atoms with Gasteiger partial charge in [-0.25, -0.2) is 0 Å². The van der Waals surface area contributed by atoms with Crippen molar-refractivity contribution in [2.75, 3.05) is 13.2 Å². The molecule has 1 nitrogen and oxygen atoms in total. The van der Waals surface area contributed by atoms with Gasteiger partial charge in [0.1, 0.15) is 0 Å². The van der Waals surface area contributed by atoms with E-state index in [0.29, 0.717) is 0 Å². The maximum absolute atomic E-state index is 6.01. The molecule has 0 heterocycles. The summed E-state index contributed by atoms with van der Waals surface area (Å²) in [6, 6.07) is 0. The highest BCUT2D eigenvalue weighted by Crippen LogP contribution is 2.32. The summed E-state index contributed by atoms with van der Waals surface area (Å²) in [5.41, 5.74) is 0. The van der Waals surface area contributed by atoms with Crippen LogP contribution in [0.2, 0.25) is 0 Å². The Hall–Kier alpha value is -0.0400. The average Bonchev–Trinajstić information content (AvgIpc) is 2.42. The molecule has 0 aromatic rings. The van der Waals surface area contributed by atoms with Crippen molar-refractivity contribution in [1.29, 1.82) is 0 Å². The van der Waals surface area contributed by atoms with Gasteiger partial charge in [-0.15, -0.1) is 0 Å². The van der Waals surface area contributed by atoms with E-state index in [-0.39, 0.29) is 0 Å². The number of rotatable bonds is 6. The first kappa shape index (κ1) is 14.4. The van der Waals surface area contributed by atoms with Gasteiger partial charge in [-0.2, -0.15) is 0 Å². The first-order chi connectivity index (χ1) is 8.88. The van der Waals surface area contributed by atoms with Gasteiger partial charge in [-0.05, 0) is 43.4 Å². The number of hydrogen-bond acceptors (Lipinski definition) is 1. The van der Waals surface area contributed by atoms with Gasteiger partial charge in [0.05, 0.1) is 0 Å². The lowest BCUT2D eigenvalue weighted by atomic mass is 9.80. The second-order valence-corrected chi connectivity index (χ2v) is 6.72. The summed E-state index contributed by atoms with van der Waals surface area (Å²) in [4.78, 5) is 0. The minimum absolute atomic E-state index is 0.877. The van der Waals surface area contributed by atoms with Gasteiger partial charge in [-0.3, -0.25) is 0 Å². The Balaban J connectivity index is 1.52. The number of hydrogen-bond donors (Lipinski definition) is 0. The van der Waals surface area contributed by atoms with E-state index in [1.807, 2.05) is 0 Å². The van der Waals surface area contributed by atoms with E-state index < -0.39 is 0 Å². The molecule has 18 heavy (non-hydrogen) atoms. The van der Waals surface area contributed by atoms with Crippen molar-refractivity contribution >= 4 is 0 Å². The van der Waals surface area contributed by atoms with Crippen molar-refractivity contribution in [2.24, 2.45) is 17.8 Å². The Morgan fingerprint density at radius 2 is 1.28 bits per heavy atom. The molecule has 0 saturated heterocycles. The first-order valence-electron chi connectivity index (χ1n) is 8.46. The zero-order valence-corrected chi connectivity index (χ0v) is 12.3. The lowest BCUT2D eigenvalue weighted by Gasteiger charge is -2.29. The minimum Gasteiger partial charge on any atom is -0.381 e. The van der Waals surface area contributed by atoms with Crippen LogP contribution in [-0.4, -0.2) is 13.2 Å². The maximum atomic E-state index is 6.01. The van der Waals surface area contributed by atoms with Gasteiger partial charge in [0.25, 0.3) is 0 Å². The van der Waals surface area contributed by atoms with Crippen LogP contribution >= 0.6 is 0 Å². The second-order valence-electron chi connectivity index (χ2n) is 6.72. The van der Waals surface area contributed by atoms with E-state index in [4.69, 9.17) is 4.74 Å². The van der Waals surface area contributed by atoms with Crippen molar-refractivity contribution in [3.8, 4) is 0 Å². The summed E-state index contributed by atoms with van der Waals surface area (Å²) in [5, 5.41) is 0. The van der Waals surface area contributed by atoms with Crippen LogP contribution < -0.4 is 0 Å². The molecule has 0 amide bonds. The van der Waals surface area contributed by atoms with Crippen LogP contribution in [-0.2, 0) is 4.74 Å². The van der Waals surface area contributed by atoms with Crippen LogP contribution in [0.4, 0.5) is 0 Å². The normalized spacial score (nSPS) is 30.5. The lowest BCUT2D eigenvalue weighted by molar-refractivity contribution is 0.0456. The van der Waals surface area contributed by atoms with Gasteiger partial charge < -0.3 is 4.74 Å². The molecule has 0 spiro atoms. The van der Waals surface area contributed by atoms with Crippen LogP contribution in [0.25, 0.3) is 0 Å². The van der Waals surface area contributed by atoms with Crippen LogP contribution in [0.5, 0.6) is 0 Å². The smallest absolute Gasteiger partial charge is 0.0494 e. The van der Waals surface area contributed by atoms with Gasteiger partial charge >= 0.3 is 0 Å². The summed E-state index contributed by atoms with van der Waals surface area (Å²) in [6.45, 7) is 4.42. The summed E-state index contributed by atoms with van der Waals surface area (Å²) in [7, 11) is 0. The maximum Gasteiger partial charge on any atom is 0.0494 e. The molecule has 0 aromatic carbocycles. The molecule has 0 bridgehead atoms. The van der Waals surface area contributed by atoms with E-state index in [1.54, 1.807) is 0 Å². The third kappa shape index (κ3) is 4.91. The summed E-state index contributed by atoms with van der Waals surface area (Å²) in [5.74, 6) is 2.79. The molecule has 2 aliphatic rings. The highest BCUT2D eigenvalue weighted by atomic mass is 16.5. The Labute approximate surface area is 114 Å². The highest BCUT2D eigenvalue weighted by molar-refractivity contribution is 4.72. The molecule has 0 radical (unpaired) electrons. The van der Waals surface area contributed by atoms with Crippen LogP contribution in [0, 0.1) is 17.8 Å². The van der Waals surface area contributed by atoms with Crippen molar-refractivity contribution in [3.63, 3.8) is 0 Å². The summed E-state index contributed by atoms with van der Waals surface area (Å²) >= 11 is 0. The molecule has 1 heteroatoms. The van der Waals surface area contributed by atoms with E-state index in [2.05, 4.69) is 6.92 Å². The predicted octanol–water partition coefficient (Wildman–Crippen LogP) is 5.19. The van der Waals surface area contributed by atoms with Crippen LogP contribution in [0.1, 0.15) is 77.6 Å². The van der Waals surface area contributed by atoms with E-state index in [0.717, 1.165) is 31.0 Å². The van der Waals surface area contributed by atoms with Gasteiger partial charge in [0.2, 0.25) is 0 Å². The van der Waals surface area contributed by atoms with Crippen molar-refractivity contribution in [1.82, 2.24) is 0 Å². The molecule has 2 rings (SSSR count). The highest BCUT2D eigenvalue weighted by Gasteiger charge is 2.21. The molecular formula is C17H32O. The van der Waals surface area contributed by atoms with Gasteiger partial charge in [0, 0.05) is 13.2 Å². The Kier molecular flexibility index (Phi) is 6.54. The van der Waals surface area contributed by atoms with E-state index in [9.17, 15) is 0 Å². The monoisotopic (exact) mass is 252 g/mol. The largest absolute Gasteiger partial charge is 0.381 e. The molecule has 106 valence electrons. The molecule has 2 fully saturated rings. The van der Waals surface area contributed by atoms with Crippen molar-refractivity contribution < 1.29 is 4.74 Å². The second kappa shape index (κ2) is 8.19. The van der Waals surface area contributed by atoms with Crippen molar-refractivity contribution in [3.05, 3.63) is 0 Å². The molecular weight excluding hydrogens is 220 g/mol. The standard InChI is InChI=1S/C17H32O/c1-2-6-15-9-11-17(12-10-15)14-18-13-16-7-4-3-5-8-16/h15-17H,2-14H2,1H3/t15-,17-. The Morgan fingerprint density at radius 1 is 0.722 bits per heavy atom. The predicted molar refractivity (Wildman–Crippen MR) is 77.8 cm³/mol. The summed E-state index contributed by atoms with van der Waals surface area (Å²) < 4.78 is 6.01. The van der Waals surface area contributed by atoms with Crippen LogP contribution in [0.15, 0.2) is 0 Å². The fourth-order valence-corrected chi connectivity index (χ4v) is 3.85. The molecule has 0 N–H and O–H groups in total. The quantitative estimate of drug-likeness (QED) is 0.632. The molecule has 0 unspecified atom stereocenters. The molecule has 2 aliphatic carbocycles. The molecule has 0 atom stereocenters. The molecule has 0 aromatic heterocycles. The first-order valence-corrected chi connectivity index (χ1v) is 8.46. The third-order valence-electron chi connectivity index (χ3n) is 5.10. The average molecular weight is 252 g/mol. The molecule has 2 saturated carbocycles. The summed E-state index contributed by atoms with van der Waals surface area (Å²) in [6.07, 6.45) is 15.8. The zero-order chi connectivity index (χ0) is 12.6. The topological polar surface area (TPSA) is 9.23 Å². The van der Waals surface area contributed by atoms with Gasteiger partial charge in [0.15, 0.2) is 0 Å².